The molecule has 1 aliphatic heterocycles. The summed E-state index contributed by atoms with van der Waals surface area (Å²) in [5, 5.41) is 0. The van der Waals surface area contributed by atoms with Gasteiger partial charge in [0.2, 0.25) is 5.91 Å². The molecule has 0 spiro atoms. The maximum atomic E-state index is 12.3. The van der Waals surface area contributed by atoms with E-state index < -0.39 is 10.2 Å². The second-order valence-electron chi connectivity index (χ2n) is 6.55. The lowest BCUT2D eigenvalue weighted by atomic mass is 10.0. The van der Waals surface area contributed by atoms with Crippen molar-refractivity contribution in [3.05, 3.63) is 35.4 Å². The van der Waals surface area contributed by atoms with Crippen LogP contribution < -0.4 is 4.72 Å². The zero-order valence-corrected chi connectivity index (χ0v) is 15.5. The molecule has 7 heteroatoms. The van der Waals surface area contributed by atoms with Crippen molar-refractivity contribution >= 4 is 16.1 Å². The fraction of sp³-hybridized carbons (Fsp3) is 0.588. The molecule has 1 aromatic carbocycles. The number of piperidine rings is 1. The highest BCUT2D eigenvalue weighted by molar-refractivity contribution is 7.87. The van der Waals surface area contributed by atoms with Gasteiger partial charge in [-0.3, -0.25) is 4.79 Å². The van der Waals surface area contributed by atoms with Crippen molar-refractivity contribution in [2.45, 2.75) is 38.6 Å². The van der Waals surface area contributed by atoms with Crippen molar-refractivity contribution in [2.75, 3.05) is 27.2 Å². The summed E-state index contributed by atoms with van der Waals surface area (Å²) in [4.78, 5) is 14.2. The molecule has 1 aromatic rings. The van der Waals surface area contributed by atoms with Gasteiger partial charge in [0.15, 0.2) is 0 Å². The highest BCUT2D eigenvalue weighted by atomic mass is 32.2. The van der Waals surface area contributed by atoms with Crippen LogP contribution in [0.5, 0.6) is 0 Å². The molecule has 0 unspecified atom stereocenters. The number of nitrogens with one attached hydrogen (secondary N) is 1. The first-order valence-corrected chi connectivity index (χ1v) is 9.75. The molecule has 0 saturated carbocycles. The van der Waals surface area contributed by atoms with E-state index in [1.54, 1.807) is 0 Å². The van der Waals surface area contributed by atoms with E-state index in [2.05, 4.69) is 29.0 Å². The molecule has 0 aromatic heterocycles. The van der Waals surface area contributed by atoms with Crippen LogP contribution in [0.4, 0.5) is 0 Å². The fourth-order valence-electron chi connectivity index (χ4n) is 2.73. The van der Waals surface area contributed by atoms with E-state index in [9.17, 15) is 13.2 Å². The SMILES string of the molecule is Cc1ccc(CCC(=O)N2CCC(NS(=O)(=O)N(C)C)CC2)cc1. The number of amides is 1. The predicted molar refractivity (Wildman–Crippen MR) is 94.8 cm³/mol. The normalized spacial score (nSPS) is 16.6. The summed E-state index contributed by atoms with van der Waals surface area (Å²) in [5.74, 6) is 0.143. The second-order valence-corrected chi connectivity index (χ2v) is 8.46. The third-order valence-electron chi connectivity index (χ3n) is 4.39. The van der Waals surface area contributed by atoms with Crippen LogP contribution in [0.3, 0.4) is 0 Å². The van der Waals surface area contributed by atoms with Crippen LogP contribution in [-0.2, 0) is 21.4 Å². The highest BCUT2D eigenvalue weighted by Crippen LogP contribution is 2.14. The summed E-state index contributed by atoms with van der Waals surface area (Å²) in [6.07, 6.45) is 2.55. The number of hydrogen-bond donors (Lipinski definition) is 1. The number of likely N-dealkylation sites (tertiary alicyclic amines) is 1. The van der Waals surface area contributed by atoms with E-state index in [4.69, 9.17) is 0 Å². The third-order valence-corrected chi connectivity index (χ3v) is 5.98. The molecule has 1 aliphatic rings. The number of aryl methyl sites for hydroxylation is 2. The summed E-state index contributed by atoms with van der Waals surface area (Å²) in [7, 11) is -0.393. The molecule has 1 heterocycles. The molecule has 0 aliphatic carbocycles. The van der Waals surface area contributed by atoms with Gasteiger partial charge in [-0.1, -0.05) is 29.8 Å². The van der Waals surface area contributed by atoms with Crippen LogP contribution in [0.15, 0.2) is 24.3 Å². The Hall–Kier alpha value is -1.44. The summed E-state index contributed by atoms with van der Waals surface area (Å²) in [6.45, 7) is 3.25. The van der Waals surface area contributed by atoms with Crippen LogP contribution in [0.2, 0.25) is 0 Å². The predicted octanol–water partition coefficient (Wildman–Crippen LogP) is 1.31. The van der Waals surface area contributed by atoms with Gasteiger partial charge in [0, 0.05) is 39.6 Å². The van der Waals surface area contributed by atoms with Gasteiger partial charge < -0.3 is 4.90 Å². The van der Waals surface area contributed by atoms with Crippen LogP contribution in [0.25, 0.3) is 0 Å². The molecule has 1 saturated heterocycles. The maximum absolute atomic E-state index is 12.3. The zero-order chi connectivity index (χ0) is 17.7. The molecule has 0 radical (unpaired) electrons. The van der Waals surface area contributed by atoms with Gasteiger partial charge in [0.1, 0.15) is 0 Å². The fourth-order valence-corrected chi connectivity index (χ4v) is 3.59. The van der Waals surface area contributed by atoms with E-state index in [0.29, 0.717) is 32.4 Å². The molecule has 134 valence electrons. The Labute approximate surface area is 145 Å². The number of nitrogens with zero attached hydrogens (tertiary/aromatic N) is 2. The number of carbonyl (C=O) groups excluding carboxylic acids is 1. The third kappa shape index (κ3) is 5.29. The molecule has 1 fully saturated rings. The Kier molecular flexibility index (Phi) is 6.37. The Morgan fingerprint density at radius 1 is 1.21 bits per heavy atom. The molecule has 24 heavy (non-hydrogen) atoms. The molecule has 0 atom stereocenters. The van der Waals surface area contributed by atoms with Crippen molar-refractivity contribution in [1.82, 2.24) is 13.9 Å². The lowest BCUT2D eigenvalue weighted by Crippen LogP contribution is -2.49. The summed E-state index contributed by atoms with van der Waals surface area (Å²) >= 11 is 0. The minimum atomic E-state index is -3.41. The van der Waals surface area contributed by atoms with E-state index in [0.717, 1.165) is 6.42 Å². The van der Waals surface area contributed by atoms with Crippen molar-refractivity contribution in [1.29, 1.82) is 0 Å². The molecular weight excluding hydrogens is 326 g/mol. The molecule has 2 rings (SSSR count). The van der Waals surface area contributed by atoms with Crippen molar-refractivity contribution < 1.29 is 13.2 Å². The highest BCUT2D eigenvalue weighted by Gasteiger charge is 2.26. The minimum Gasteiger partial charge on any atom is -0.343 e. The smallest absolute Gasteiger partial charge is 0.279 e. The average molecular weight is 353 g/mol. The first kappa shape index (κ1) is 18.9. The van der Waals surface area contributed by atoms with Gasteiger partial charge in [-0.2, -0.15) is 17.4 Å². The first-order valence-electron chi connectivity index (χ1n) is 8.31. The minimum absolute atomic E-state index is 0.0986. The van der Waals surface area contributed by atoms with Crippen LogP contribution in [0, 0.1) is 6.92 Å². The van der Waals surface area contributed by atoms with Crippen LogP contribution >= 0.6 is 0 Å². The van der Waals surface area contributed by atoms with Crippen molar-refractivity contribution in [3.8, 4) is 0 Å². The molecule has 1 N–H and O–H groups in total. The van der Waals surface area contributed by atoms with Gasteiger partial charge in [-0.25, -0.2) is 0 Å². The number of benzene rings is 1. The monoisotopic (exact) mass is 353 g/mol. The van der Waals surface area contributed by atoms with Gasteiger partial charge in [-0.05, 0) is 31.7 Å². The topological polar surface area (TPSA) is 69.7 Å². The van der Waals surface area contributed by atoms with E-state index >= 15 is 0 Å². The molecule has 1 amide bonds. The summed E-state index contributed by atoms with van der Waals surface area (Å²) in [5.41, 5.74) is 2.38. The summed E-state index contributed by atoms with van der Waals surface area (Å²) in [6, 6.07) is 8.14. The lowest BCUT2D eigenvalue weighted by Gasteiger charge is -2.32. The Bertz CT molecular complexity index is 648. The maximum Gasteiger partial charge on any atom is 0.279 e. The molecular formula is C17H27N3O3S. The van der Waals surface area contributed by atoms with Gasteiger partial charge in [-0.15, -0.1) is 0 Å². The first-order chi connectivity index (χ1) is 11.3. The lowest BCUT2D eigenvalue weighted by molar-refractivity contribution is -0.132. The van der Waals surface area contributed by atoms with Crippen molar-refractivity contribution in [3.63, 3.8) is 0 Å². The van der Waals surface area contributed by atoms with Gasteiger partial charge >= 0.3 is 0 Å². The molecule has 0 bridgehead atoms. The van der Waals surface area contributed by atoms with E-state index in [1.807, 2.05) is 11.8 Å². The van der Waals surface area contributed by atoms with E-state index in [-0.39, 0.29) is 11.9 Å². The second kappa shape index (κ2) is 8.09. The summed E-state index contributed by atoms with van der Waals surface area (Å²) < 4.78 is 27.5. The number of carbonyl (C=O) groups is 1. The standard InChI is InChI=1S/C17H27N3O3S/c1-14-4-6-15(7-5-14)8-9-17(21)20-12-10-16(11-13-20)18-24(22,23)19(2)3/h4-7,16,18H,8-13H2,1-3H3. The Morgan fingerprint density at radius 3 is 2.33 bits per heavy atom. The average Bonchev–Trinajstić information content (AvgIpc) is 2.54. The number of rotatable bonds is 6. The zero-order valence-electron chi connectivity index (χ0n) is 14.7. The molecule has 6 nitrogen and oxygen atoms in total. The van der Waals surface area contributed by atoms with Gasteiger partial charge in [0.25, 0.3) is 10.2 Å². The van der Waals surface area contributed by atoms with E-state index in [1.165, 1.54) is 29.5 Å². The quantitative estimate of drug-likeness (QED) is 0.838. The van der Waals surface area contributed by atoms with Crippen molar-refractivity contribution in [2.24, 2.45) is 0 Å². The number of hydrogen-bond acceptors (Lipinski definition) is 3. The Balaban J connectivity index is 1.77. The van der Waals surface area contributed by atoms with Crippen LogP contribution in [-0.4, -0.2) is 56.8 Å². The van der Waals surface area contributed by atoms with Gasteiger partial charge in [0.05, 0.1) is 0 Å². The van der Waals surface area contributed by atoms with Crippen LogP contribution in [0.1, 0.15) is 30.4 Å². The largest absolute Gasteiger partial charge is 0.343 e. The Morgan fingerprint density at radius 2 is 1.79 bits per heavy atom.